The molecular formula is C13H25N3O2S. The van der Waals surface area contributed by atoms with Crippen molar-refractivity contribution in [2.75, 3.05) is 45.7 Å². The van der Waals surface area contributed by atoms with Gasteiger partial charge in [-0.1, -0.05) is 0 Å². The summed E-state index contributed by atoms with van der Waals surface area (Å²) in [6.07, 6.45) is 2.73. The molecule has 2 atom stereocenters. The Morgan fingerprint density at radius 3 is 2.95 bits per heavy atom. The van der Waals surface area contributed by atoms with Crippen LogP contribution >= 0.6 is 11.8 Å². The van der Waals surface area contributed by atoms with Gasteiger partial charge in [0.1, 0.15) is 0 Å². The standard InChI is InChI=1S/C13H25N3O2S/c1-13(4-3-7-19-13)10-16-12(14-2)15-8-11-9-17-5-6-18-11/h11H,3-10H2,1-2H3,(H2,14,15,16). The average Bonchev–Trinajstić information content (AvgIpc) is 2.87. The van der Waals surface area contributed by atoms with E-state index in [0.717, 1.165) is 19.0 Å². The maximum absolute atomic E-state index is 5.60. The van der Waals surface area contributed by atoms with Crippen molar-refractivity contribution >= 4 is 17.7 Å². The normalized spacial score (nSPS) is 32.3. The van der Waals surface area contributed by atoms with Crippen LogP contribution in [0.4, 0.5) is 0 Å². The lowest BCUT2D eigenvalue weighted by Gasteiger charge is -2.26. The fraction of sp³-hybridized carbons (Fsp3) is 0.923. The summed E-state index contributed by atoms with van der Waals surface area (Å²) in [5.41, 5.74) is 0. The molecule has 0 aromatic carbocycles. The minimum absolute atomic E-state index is 0.128. The summed E-state index contributed by atoms with van der Waals surface area (Å²) in [7, 11) is 1.80. The molecule has 2 aliphatic heterocycles. The molecular weight excluding hydrogens is 262 g/mol. The highest BCUT2D eigenvalue weighted by Crippen LogP contribution is 2.36. The summed E-state index contributed by atoms with van der Waals surface area (Å²) in [6, 6.07) is 0. The third-order valence-electron chi connectivity index (χ3n) is 3.54. The first-order chi connectivity index (χ1) is 9.22. The minimum atomic E-state index is 0.128. The van der Waals surface area contributed by atoms with Crippen LogP contribution in [0.15, 0.2) is 4.99 Å². The molecule has 2 rings (SSSR count). The monoisotopic (exact) mass is 287 g/mol. The lowest BCUT2D eigenvalue weighted by atomic mass is 10.1. The number of nitrogens with one attached hydrogen (secondary N) is 2. The molecule has 2 fully saturated rings. The molecule has 0 bridgehead atoms. The Kier molecular flexibility index (Phi) is 5.78. The SMILES string of the molecule is CN=C(NCC1COCCO1)NCC1(C)CCCS1. The van der Waals surface area contributed by atoms with Crippen molar-refractivity contribution in [3.05, 3.63) is 0 Å². The third kappa shape index (κ3) is 4.85. The zero-order valence-corrected chi connectivity index (χ0v) is 12.7. The van der Waals surface area contributed by atoms with Gasteiger partial charge in [0.15, 0.2) is 5.96 Å². The molecule has 0 aromatic heterocycles. The molecule has 2 saturated heterocycles. The Balaban J connectivity index is 1.68. The Hall–Kier alpha value is -0.460. The van der Waals surface area contributed by atoms with Crippen molar-refractivity contribution < 1.29 is 9.47 Å². The van der Waals surface area contributed by atoms with Crippen molar-refractivity contribution in [3.63, 3.8) is 0 Å². The molecule has 2 heterocycles. The summed E-state index contributed by atoms with van der Waals surface area (Å²) in [6.45, 7) is 6.08. The summed E-state index contributed by atoms with van der Waals surface area (Å²) in [4.78, 5) is 4.25. The van der Waals surface area contributed by atoms with Crippen LogP contribution in [-0.2, 0) is 9.47 Å². The molecule has 5 nitrogen and oxygen atoms in total. The maximum Gasteiger partial charge on any atom is 0.191 e. The molecule has 0 aromatic rings. The van der Waals surface area contributed by atoms with Gasteiger partial charge < -0.3 is 20.1 Å². The quantitative estimate of drug-likeness (QED) is 0.593. The van der Waals surface area contributed by atoms with E-state index < -0.39 is 0 Å². The number of hydrogen-bond acceptors (Lipinski definition) is 4. The average molecular weight is 287 g/mol. The van der Waals surface area contributed by atoms with Gasteiger partial charge in [0.2, 0.25) is 0 Å². The number of ether oxygens (including phenoxy) is 2. The summed E-state index contributed by atoms with van der Waals surface area (Å²) in [5, 5.41) is 6.72. The first-order valence-electron chi connectivity index (χ1n) is 7.00. The zero-order chi connectivity index (χ0) is 13.6. The topological polar surface area (TPSA) is 54.9 Å². The van der Waals surface area contributed by atoms with Crippen molar-refractivity contribution in [1.82, 2.24) is 10.6 Å². The van der Waals surface area contributed by atoms with Crippen LogP contribution in [0, 0.1) is 0 Å². The number of hydrogen-bond donors (Lipinski definition) is 2. The van der Waals surface area contributed by atoms with Crippen LogP contribution < -0.4 is 10.6 Å². The summed E-state index contributed by atoms with van der Waals surface area (Å²) >= 11 is 2.05. The molecule has 0 saturated carbocycles. The van der Waals surface area contributed by atoms with Crippen LogP contribution in [-0.4, -0.2) is 62.5 Å². The van der Waals surface area contributed by atoms with Crippen molar-refractivity contribution in [2.45, 2.75) is 30.6 Å². The highest BCUT2D eigenvalue weighted by atomic mass is 32.2. The van der Waals surface area contributed by atoms with E-state index in [-0.39, 0.29) is 6.10 Å². The number of nitrogens with zero attached hydrogens (tertiary/aromatic N) is 1. The number of guanidine groups is 1. The van der Waals surface area contributed by atoms with E-state index in [4.69, 9.17) is 9.47 Å². The van der Waals surface area contributed by atoms with Crippen molar-refractivity contribution in [1.29, 1.82) is 0 Å². The fourth-order valence-corrected chi connectivity index (χ4v) is 3.58. The Morgan fingerprint density at radius 1 is 1.42 bits per heavy atom. The fourth-order valence-electron chi connectivity index (χ4n) is 2.33. The predicted molar refractivity (Wildman–Crippen MR) is 80.0 cm³/mol. The van der Waals surface area contributed by atoms with Crippen LogP contribution in [0.3, 0.4) is 0 Å². The van der Waals surface area contributed by atoms with Gasteiger partial charge in [0.25, 0.3) is 0 Å². The first kappa shape index (κ1) is 14.9. The molecule has 0 radical (unpaired) electrons. The lowest BCUT2D eigenvalue weighted by Crippen LogP contribution is -2.47. The number of thioether (sulfide) groups is 1. The molecule has 19 heavy (non-hydrogen) atoms. The Bertz CT molecular complexity index is 300. The smallest absolute Gasteiger partial charge is 0.191 e. The van der Waals surface area contributed by atoms with E-state index in [1.54, 1.807) is 7.05 Å². The van der Waals surface area contributed by atoms with Gasteiger partial charge in [-0.25, -0.2) is 0 Å². The summed E-state index contributed by atoms with van der Waals surface area (Å²) < 4.78 is 11.3. The summed E-state index contributed by atoms with van der Waals surface area (Å²) in [5.74, 6) is 2.13. The zero-order valence-electron chi connectivity index (χ0n) is 11.9. The molecule has 0 aliphatic carbocycles. The van der Waals surface area contributed by atoms with Gasteiger partial charge in [0, 0.05) is 24.9 Å². The molecule has 2 unspecified atom stereocenters. The number of rotatable bonds is 4. The second-order valence-electron chi connectivity index (χ2n) is 5.28. The van der Waals surface area contributed by atoms with Gasteiger partial charge in [0.05, 0.1) is 25.9 Å². The lowest BCUT2D eigenvalue weighted by molar-refractivity contribution is -0.0850. The molecule has 110 valence electrons. The van der Waals surface area contributed by atoms with Crippen molar-refractivity contribution in [2.24, 2.45) is 4.99 Å². The van der Waals surface area contributed by atoms with E-state index in [9.17, 15) is 0 Å². The van der Waals surface area contributed by atoms with E-state index in [0.29, 0.717) is 24.6 Å². The highest BCUT2D eigenvalue weighted by molar-refractivity contribution is 8.00. The minimum Gasteiger partial charge on any atom is -0.376 e. The second kappa shape index (κ2) is 7.36. The van der Waals surface area contributed by atoms with Crippen LogP contribution in [0.5, 0.6) is 0 Å². The van der Waals surface area contributed by atoms with Gasteiger partial charge in [-0.3, -0.25) is 4.99 Å². The second-order valence-corrected chi connectivity index (χ2v) is 6.96. The molecule has 0 amide bonds. The predicted octanol–water partition coefficient (Wildman–Crippen LogP) is 0.853. The molecule has 6 heteroatoms. The van der Waals surface area contributed by atoms with Crippen LogP contribution in [0.25, 0.3) is 0 Å². The highest BCUT2D eigenvalue weighted by Gasteiger charge is 2.29. The Morgan fingerprint density at radius 2 is 2.32 bits per heavy atom. The van der Waals surface area contributed by atoms with E-state index in [2.05, 4.69) is 34.3 Å². The largest absolute Gasteiger partial charge is 0.376 e. The van der Waals surface area contributed by atoms with Crippen LogP contribution in [0.2, 0.25) is 0 Å². The van der Waals surface area contributed by atoms with E-state index >= 15 is 0 Å². The molecule has 2 N–H and O–H groups in total. The van der Waals surface area contributed by atoms with E-state index in [1.807, 2.05) is 0 Å². The van der Waals surface area contributed by atoms with Crippen LogP contribution in [0.1, 0.15) is 19.8 Å². The third-order valence-corrected chi connectivity index (χ3v) is 5.07. The Labute approximate surface area is 119 Å². The first-order valence-corrected chi connectivity index (χ1v) is 7.98. The van der Waals surface area contributed by atoms with Gasteiger partial charge in [-0.2, -0.15) is 11.8 Å². The molecule has 0 spiro atoms. The van der Waals surface area contributed by atoms with Gasteiger partial charge in [-0.15, -0.1) is 0 Å². The molecule has 2 aliphatic rings. The van der Waals surface area contributed by atoms with Gasteiger partial charge in [-0.05, 0) is 25.5 Å². The number of aliphatic imine (C=N–C) groups is 1. The van der Waals surface area contributed by atoms with Gasteiger partial charge >= 0.3 is 0 Å². The maximum atomic E-state index is 5.60. The van der Waals surface area contributed by atoms with E-state index in [1.165, 1.54) is 18.6 Å². The van der Waals surface area contributed by atoms with Crippen molar-refractivity contribution in [3.8, 4) is 0 Å².